The van der Waals surface area contributed by atoms with Crippen LogP contribution in [0.1, 0.15) is 34.2 Å². The van der Waals surface area contributed by atoms with Crippen LogP contribution in [0.3, 0.4) is 0 Å². The highest BCUT2D eigenvalue weighted by Gasteiger charge is 2.24. The number of aromatic hydroxyl groups is 1. The van der Waals surface area contributed by atoms with Crippen molar-refractivity contribution in [2.75, 3.05) is 5.32 Å². The Morgan fingerprint density at radius 3 is 2.81 bits per heavy atom. The predicted molar refractivity (Wildman–Crippen MR) is 105 cm³/mol. The standard InChI is InChI=1S/C21H17N3O3/c1-12-6-3-4-8-16(12)24-21-18(13(2)25)19(26)17(27-21)10-14-11-23-20-15(14)7-5-9-22-20/h3-11,24,26H,1-2H3. The van der Waals surface area contributed by atoms with Gasteiger partial charge < -0.3 is 14.8 Å². The lowest BCUT2D eigenvalue weighted by molar-refractivity contribution is 0.101. The normalized spacial score (nSPS) is 13.8. The second kappa shape index (κ2) is 6.57. The third-order valence-electron chi connectivity index (χ3n) is 4.36. The van der Waals surface area contributed by atoms with Gasteiger partial charge in [-0.2, -0.15) is 0 Å². The van der Waals surface area contributed by atoms with E-state index in [1.165, 1.54) is 6.92 Å². The van der Waals surface area contributed by atoms with E-state index in [0.29, 0.717) is 5.82 Å². The minimum Gasteiger partial charge on any atom is -0.504 e. The lowest BCUT2D eigenvalue weighted by atomic mass is 10.1. The number of aliphatic imine (C=N–C) groups is 1. The first-order valence-corrected chi connectivity index (χ1v) is 8.45. The number of para-hydroxylation sites is 1. The molecule has 4 rings (SSSR count). The molecule has 2 N–H and O–H groups in total. The molecule has 1 aromatic carbocycles. The Morgan fingerprint density at radius 1 is 1.22 bits per heavy atom. The summed E-state index contributed by atoms with van der Waals surface area (Å²) < 4.78 is 5.80. The number of nitrogens with one attached hydrogen (secondary N) is 1. The van der Waals surface area contributed by atoms with E-state index in [-0.39, 0.29) is 28.7 Å². The van der Waals surface area contributed by atoms with E-state index in [1.807, 2.05) is 43.3 Å². The maximum Gasteiger partial charge on any atom is 0.212 e. The van der Waals surface area contributed by atoms with Crippen molar-refractivity contribution in [3.05, 3.63) is 65.0 Å². The van der Waals surface area contributed by atoms with Gasteiger partial charge in [-0.3, -0.25) is 4.79 Å². The van der Waals surface area contributed by atoms with E-state index >= 15 is 0 Å². The molecule has 1 aliphatic rings. The van der Waals surface area contributed by atoms with Gasteiger partial charge in [0.15, 0.2) is 23.1 Å². The summed E-state index contributed by atoms with van der Waals surface area (Å²) in [5.41, 5.74) is 3.49. The molecule has 0 saturated heterocycles. The summed E-state index contributed by atoms with van der Waals surface area (Å²) in [4.78, 5) is 20.5. The summed E-state index contributed by atoms with van der Waals surface area (Å²) in [5.74, 6) is 0.521. The zero-order valence-electron chi connectivity index (χ0n) is 14.9. The van der Waals surface area contributed by atoms with Crippen molar-refractivity contribution >= 4 is 41.0 Å². The van der Waals surface area contributed by atoms with Crippen molar-refractivity contribution in [3.63, 3.8) is 0 Å². The maximum atomic E-state index is 12.1. The van der Waals surface area contributed by atoms with Gasteiger partial charge >= 0.3 is 0 Å². The fourth-order valence-corrected chi connectivity index (χ4v) is 2.97. The van der Waals surface area contributed by atoms with Gasteiger partial charge in [0.05, 0.1) is 0 Å². The number of Topliss-reactive ketones (excluding diaryl/α,β-unsaturated/α-hetero) is 1. The molecule has 0 unspecified atom stereocenters. The Kier molecular flexibility index (Phi) is 4.08. The van der Waals surface area contributed by atoms with Crippen molar-refractivity contribution in [2.45, 2.75) is 13.8 Å². The van der Waals surface area contributed by atoms with E-state index < -0.39 is 0 Å². The first kappa shape index (κ1) is 16.8. The van der Waals surface area contributed by atoms with Crippen LogP contribution in [0.2, 0.25) is 0 Å². The van der Waals surface area contributed by atoms with Crippen LogP contribution in [-0.4, -0.2) is 22.1 Å². The van der Waals surface area contributed by atoms with Crippen molar-refractivity contribution < 1.29 is 14.3 Å². The van der Waals surface area contributed by atoms with Gasteiger partial charge in [0.2, 0.25) is 5.88 Å². The van der Waals surface area contributed by atoms with Crippen molar-refractivity contribution in [3.8, 4) is 5.75 Å². The quantitative estimate of drug-likeness (QED) is 0.648. The summed E-state index contributed by atoms with van der Waals surface area (Å²) in [5, 5.41) is 13.7. The van der Waals surface area contributed by atoms with Crippen LogP contribution < -0.4 is 5.32 Å². The number of rotatable bonds is 4. The average Bonchev–Trinajstić information content (AvgIpc) is 3.19. The van der Waals surface area contributed by atoms with Crippen LogP contribution in [0.15, 0.2) is 52.0 Å². The highest BCUT2D eigenvalue weighted by atomic mass is 16.4. The van der Waals surface area contributed by atoms with E-state index in [4.69, 9.17) is 4.42 Å². The predicted octanol–water partition coefficient (Wildman–Crippen LogP) is 4.89. The number of pyridine rings is 1. The van der Waals surface area contributed by atoms with E-state index in [0.717, 1.165) is 22.4 Å². The van der Waals surface area contributed by atoms with Crippen LogP contribution in [-0.2, 0) is 0 Å². The molecule has 134 valence electrons. The smallest absolute Gasteiger partial charge is 0.212 e. The Bertz CT molecular complexity index is 1110. The molecule has 27 heavy (non-hydrogen) atoms. The molecule has 6 nitrogen and oxygen atoms in total. The molecule has 1 aliphatic heterocycles. The van der Waals surface area contributed by atoms with E-state index in [1.54, 1.807) is 18.5 Å². The number of carbonyl (C=O) groups excluding carboxylic acids is 1. The minimum atomic E-state index is -0.292. The van der Waals surface area contributed by atoms with Gasteiger partial charge in [-0.05, 0) is 43.7 Å². The van der Waals surface area contributed by atoms with Gasteiger partial charge in [0, 0.05) is 29.2 Å². The molecule has 2 aromatic heterocycles. The fraction of sp³-hybridized carbons (Fsp3) is 0.0952. The molecule has 0 radical (unpaired) electrons. The molecule has 0 fully saturated rings. The lowest BCUT2D eigenvalue weighted by Gasteiger charge is -2.07. The first-order chi connectivity index (χ1) is 13.0. The van der Waals surface area contributed by atoms with Crippen LogP contribution in [0.5, 0.6) is 5.75 Å². The number of aryl methyl sites for hydroxylation is 1. The largest absolute Gasteiger partial charge is 0.504 e. The molecule has 0 amide bonds. The van der Waals surface area contributed by atoms with Gasteiger partial charge in [0.25, 0.3) is 0 Å². The molecule has 3 aromatic rings. The van der Waals surface area contributed by atoms with Crippen molar-refractivity contribution in [2.24, 2.45) is 4.99 Å². The minimum absolute atomic E-state index is 0.117. The second-order valence-electron chi connectivity index (χ2n) is 6.25. The third-order valence-corrected chi connectivity index (χ3v) is 4.36. The SMILES string of the molecule is CC(=O)c1c(Nc2ccccc2C)oc(C=C2C=Nc3ncccc32)c1O. The molecule has 3 heterocycles. The molecule has 0 spiro atoms. The Morgan fingerprint density at radius 2 is 2.04 bits per heavy atom. The molecule has 0 saturated carbocycles. The summed E-state index contributed by atoms with van der Waals surface area (Å²) in [6, 6.07) is 11.3. The number of anilines is 2. The van der Waals surface area contributed by atoms with Crippen LogP contribution >= 0.6 is 0 Å². The molecule has 0 atom stereocenters. The van der Waals surface area contributed by atoms with Gasteiger partial charge in [-0.1, -0.05) is 18.2 Å². The number of allylic oxidation sites excluding steroid dienone is 1. The van der Waals surface area contributed by atoms with Crippen LogP contribution in [0.25, 0.3) is 11.6 Å². The number of fused-ring (bicyclic) bond motifs is 1. The third kappa shape index (κ3) is 3.01. The second-order valence-corrected chi connectivity index (χ2v) is 6.25. The molecule has 6 heteroatoms. The number of aromatic nitrogens is 1. The first-order valence-electron chi connectivity index (χ1n) is 8.45. The Balaban J connectivity index is 1.78. The highest BCUT2D eigenvalue weighted by Crippen LogP contribution is 2.39. The summed E-state index contributed by atoms with van der Waals surface area (Å²) >= 11 is 0. The van der Waals surface area contributed by atoms with Crippen molar-refractivity contribution in [1.29, 1.82) is 0 Å². The molecule has 0 bridgehead atoms. The number of ketones is 1. The summed E-state index contributed by atoms with van der Waals surface area (Å²) in [6.45, 7) is 3.33. The highest BCUT2D eigenvalue weighted by molar-refractivity contribution is 6.21. The maximum absolute atomic E-state index is 12.1. The number of nitrogens with zero attached hydrogens (tertiary/aromatic N) is 2. The van der Waals surface area contributed by atoms with Crippen LogP contribution in [0, 0.1) is 6.92 Å². The number of hydrogen-bond acceptors (Lipinski definition) is 6. The average molecular weight is 359 g/mol. The van der Waals surface area contributed by atoms with Crippen molar-refractivity contribution in [1.82, 2.24) is 4.98 Å². The van der Waals surface area contributed by atoms with E-state index in [9.17, 15) is 9.90 Å². The Labute approximate surface area is 155 Å². The molecule has 0 aliphatic carbocycles. The van der Waals surface area contributed by atoms with Gasteiger partial charge in [-0.25, -0.2) is 9.98 Å². The summed E-state index contributed by atoms with van der Waals surface area (Å²) in [7, 11) is 0. The summed E-state index contributed by atoms with van der Waals surface area (Å²) in [6.07, 6.45) is 4.98. The van der Waals surface area contributed by atoms with Crippen LogP contribution in [0.4, 0.5) is 17.4 Å². The number of benzene rings is 1. The van der Waals surface area contributed by atoms with Gasteiger partial charge in [-0.15, -0.1) is 0 Å². The van der Waals surface area contributed by atoms with Gasteiger partial charge in [0.1, 0.15) is 5.56 Å². The molecular formula is C21H17N3O3. The number of furan rings is 1. The zero-order chi connectivity index (χ0) is 19.0. The monoisotopic (exact) mass is 359 g/mol. The molecular weight excluding hydrogens is 342 g/mol. The number of hydrogen-bond donors (Lipinski definition) is 2. The fourth-order valence-electron chi connectivity index (χ4n) is 2.97. The lowest BCUT2D eigenvalue weighted by Crippen LogP contribution is -1.98. The topological polar surface area (TPSA) is 87.7 Å². The Hall–Kier alpha value is -3.67. The zero-order valence-corrected chi connectivity index (χ0v) is 14.9. The number of carbonyl (C=O) groups is 1. The van der Waals surface area contributed by atoms with E-state index in [2.05, 4.69) is 15.3 Å².